The number of urea groups is 1. The van der Waals surface area contributed by atoms with Crippen molar-refractivity contribution in [1.29, 1.82) is 0 Å². The van der Waals surface area contributed by atoms with Gasteiger partial charge in [0, 0.05) is 10.4 Å². The summed E-state index contributed by atoms with van der Waals surface area (Å²) in [4.78, 5) is 37.7. The fourth-order valence-electron chi connectivity index (χ4n) is 5.74. The van der Waals surface area contributed by atoms with Gasteiger partial charge in [-0.3, -0.25) is 14.9 Å². The van der Waals surface area contributed by atoms with E-state index in [1.807, 2.05) is 17.5 Å². The van der Waals surface area contributed by atoms with Crippen molar-refractivity contribution in [3.8, 4) is 0 Å². The first kappa shape index (κ1) is 19.4. The normalized spacial score (nSPS) is 31.2. The summed E-state index contributed by atoms with van der Waals surface area (Å²) in [6.07, 6.45) is 6.77. The number of thiophene rings is 1. The second-order valence-corrected chi connectivity index (χ2v) is 9.88. The van der Waals surface area contributed by atoms with Gasteiger partial charge in [-0.15, -0.1) is 11.3 Å². The lowest BCUT2D eigenvalue weighted by Gasteiger charge is -2.56. The second-order valence-electron chi connectivity index (χ2n) is 8.85. The molecule has 0 spiro atoms. The van der Waals surface area contributed by atoms with Crippen LogP contribution in [0, 0.1) is 17.8 Å². The number of esters is 1. The van der Waals surface area contributed by atoms with Crippen molar-refractivity contribution < 1.29 is 19.1 Å². The summed E-state index contributed by atoms with van der Waals surface area (Å²) >= 11 is 1.58. The average molecular weight is 405 g/mol. The minimum atomic E-state index is -0.988. The largest absolute Gasteiger partial charge is 0.453 e. The number of ether oxygens (including phenoxy) is 1. The monoisotopic (exact) mass is 404 g/mol. The van der Waals surface area contributed by atoms with Gasteiger partial charge in [0.15, 0.2) is 6.10 Å². The molecule has 3 amide bonds. The molecule has 5 rings (SSSR count). The van der Waals surface area contributed by atoms with Crippen molar-refractivity contribution >= 4 is 29.2 Å². The summed E-state index contributed by atoms with van der Waals surface area (Å²) < 4.78 is 5.18. The second kappa shape index (κ2) is 7.85. The highest BCUT2D eigenvalue weighted by Gasteiger charge is 2.51. The SMILES string of the molecule is C[C@@H](OC(=O)CCc1cccs1)C(=O)NC(=O)NC12CC3CC(CC(C3)C1)C2. The first-order valence-corrected chi connectivity index (χ1v) is 11.1. The molecule has 2 N–H and O–H groups in total. The molecule has 4 saturated carbocycles. The maximum atomic E-state index is 12.4. The Bertz CT molecular complexity index is 710. The number of aryl methyl sites for hydroxylation is 1. The van der Waals surface area contributed by atoms with Gasteiger partial charge in [-0.25, -0.2) is 4.79 Å². The molecular weight excluding hydrogens is 376 g/mol. The van der Waals surface area contributed by atoms with Gasteiger partial charge >= 0.3 is 12.0 Å². The molecule has 0 aliphatic heterocycles. The van der Waals surface area contributed by atoms with Crippen LogP contribution in [0.5, 0.6) is 0 Å². The van der Waals surface area contributed by atoms with Gasteiger partial charge in [-0.05, 0) is 81.1 Å². The van der Waals surface area contributed by atoms with Crippen LogP contribution < -0.4 is 10.6 Å². The third kappa shape index (κ3) is 4.40. The maximum absolute atomic E-state index is 12.4. The van der Waals surface area contributed by atoms with Crippen molar-refractivity contribution in [3.05, 3.63) is 22.4 Å². The summed E-state index contributed by atoms with van der Waals surface area (Å²) in [5, 5.41) is 7.42. The van der Waals surface area contributed by atoms with E-state index in [1.54, 1.807) is 11.3 Å². The highest BCUT2D eigenvalue weighted by atomic mass is 32.1. The van der Waals surface area contributed by atoms with Crippen LogP contribution in [0.15, 0.2) is 17.5 Å². The Hall–Kier alpha value is -1.89. The van der Waals surface area contributed by atoms with Crippen molar-refractivity contribution in [3.63, 3.8) is 0 Å². The number of nitrogens with one attached hydrogen (secondary N) is 2. The molecule has 28 heavy (non-hydrogen) atoms. The van der Waals surface area contributed by atoms with Crippen LogP contribution in [0.2, 0.25) is 0 Å². The molecule has 6 nitrogen and oxygen atoms in total. The zero-order valence-electron chi connectivity index (χ0n) is 16.2. The lowest BCUT2D eigenvalue weighted by Crippen LogP contribution is -2.62. The van der Waals surface area contributed by atoms with E-state index in [9.17, 15) is 14.4 Å². The Morgan fingerprint density at radius 1 is 1.18 bits per heavy atom. The minimum absolute atomic E-state index is 0.153. The van der Waals surface area contributed by atoms with Crippen LogP contribution in [0.1, 0.15) is 56.7 Å². The van der Waals surface area contributed by atoms with Crippen LogP contribution in [0.3, 0.4) is 0 Å². The third-order valence-corrected chi connectivity index (χ3v) is 7.42. The molecule has 0 radical (unpaired) electrons. The molecule has 0 saturated heterocycles. The lowest BCUT2D eigenvalue weighted by molar-refractivity contribution is -0.154. The number of imide groups is 1. The lowest BCUT2D eigenvalue weighted by atomic mass is 9.53. The number of carbonyl (C=O) groups is 3. The Morgan fingerprint density at radius 2 is 1.82 bits per heavy atom. The van der Waals surface area contributed by atoms with E-state index in [4.69, 9.17) is 4.74 Å². The number of hydrogen-bond donors (Lipinski definition) is 2. The Labute approximate surface area is 169 Å². The molecule has 4 aliphatic carbocycles. The molecule has 7 heteroatoms. The summed E-state index contributed by atoms with van der Waals surface area (Å²) in [6.45, 7) is 1.50. The van der Waals surface area contributed by atoms with Gasteiger partial charge in [-0.1, -0.05) is 6.07 Å². The van der Waals surface area contributed by atoms with Gasteiger partial charge in [0.1, 0.15) is 0 Å². The third-order valence-electron chi connectivity index (χ3n) is 6.49. The van der Waals surface area contributed by atoms with E-state index in [0.29, 0.717) is 24.2 Å². The van der Waals surface area contributed by atoms with E-state index < -0.39 is 24.0 Å². The van der Waals surface area contributed by atoms with Crippen LogP contribution in [0.4, 0.5) is 4.79 Å². The molecule has 4 fully saturated rings. The van der Waals surface area contributed by atoms with Gasteiger partial charge in [-0.2, -0.15) is 0 Å². The van der Waals surface area contributed by atoms with Crippen molar-refractivity contribution in [2.75, 3.05) is 0 Å². The highest BCUT2D eigenvalue weighted by Crippen LogP contribution is 2.55. The Morgan fingerprint density at radius 3 is 2.39 bits per heavy atom. The molecule has 0 unspecified atom stereocenters. The summed E-state index contributed by atoms with van der Waals surface area (Å²) in [6, 6.07) is 3.43. The van der Waals surface area contributed by atoms with Crippen molar-refractivity contribution in [2.45, 2.75) is 69.9 Å². The van der Waals surface area contributed by atoms with Gasteiger partial charge in [0.05, 0.1) is 6.42 Å². The van der Waals surface area contributed by atoms with E-state index in [-0.39, 0.29) is 12.0 Å². The molecular formula is C21H28N2O4S. The van der Waals surface area contributed by atoms with Crippen LogP contribution in [-0.4, -0.2) is 29.6 Å². The maximum Gasteiger partial charge on any atom is 0.321 e. The molecule has 1 atom stereocenters. The minimum Gasteiger partial charge on any atom is -0.453 e. The van der Waals surface area contributed by atoms with E-state index in [2.05, 4.69) is 10.6 Å². The zero-order valence-corrected chi connectivity index (χ0v) is 17.1. The molecule has 0 aromatic carbocycles. The van der Waals surface area contributed by atoms with Crippen LogP contribution >= 0.6 is 11.3 Å². The number of amides is 3. The smallest absolute Gasteiger partial charge is 0.321 e. The molecule has 1 heterocycles. The number of carbonyl (C=O) groups excluding carboxylic acids is 3. The zero-order chi connectivity index (χ0) is 19.7. The summed E-state index contributed by atoms with van der Waals surface area (Å²) in [5.74, 6) is 1.13. The quantitative estimate of drug-likeness (QED) is 0.712. The van der Waals surface area contributed by atoms with Gasteiger partial charge in [0.25, 0.3) is 5.91 Å². The predicted octanol–water partition coefficient (Wildman–Crippen LogP) is 3.41. The number of hydrogen-bond acceptors (Lipinski definition) is 5. The highest BCUT2D eigenvalue weighted by molar-refractivity contribution is 7.09. The molecule has 4 bridgehead atoms. The number of rotatable bonds is 6. The van der Waals surface area contributed by atoms with Crippen LogP contribution in [-0.2, 0) is 20.7 Å². The van der Waals surface area contributed by atoms with Crippen molar-refractivity contribution in [1.82, 2.24) is 10.6 Å². The summed E-state index contributed by atoms with van der Waals surface area (Å²) in [7, 11) is 0. The van der Waals surface area contributed by atoms with E-state index >= 15 is 0 Å². The van der Waals surface area contributed by atoms with Crippen LogP contribution in [0.25, 0.3) is 0 Å². The topological polar surface area (TPSA) is 84.5 Å². The van der Waals surface area contributed by atoms with Gasteiger partial charge < -0.3 is 10.1 Å². The van der Waals surface area contributed by atoms with Crippen molar-refractivity contribution in [2.24, 2.45) is 17.8 Å². The fourth-order valence-corrected chi connectivity index (χ4v) is 6.45. The first-order valence-electron chi connectivity index (χ1n) is 10.3. The van der Waals surface area contributed by atoms with E-state index in [0.717, 1.165) is 24.1 Å². The summed E-state index contributed by atoms with van der Waals surface area (Å²) in [5.41, 5.74) is -0.153. The predicted molar refractivity (Wildman–Crippen MR) is 106 cm³/mol. The molecule has 1 aromatic heterocycles. The first-order chi connectivity index (χ1) is 13.4. The average Bonchev–Trinajstić information content (AvgIpc) is 3.11. The molecule has 4 aliphatic rings. The van der Waals surface area contributed by atoms with E-state index in [1.165, 1.54) is 26.2 Å². The molecule has 152 valence electrons. The Balaban J connectivity index is 1.23. The molecule has 1 aromatic rings. The van der Waals surface area contributed by atoms with Gasteiger partial charge in [0.2, 0.25) is 0 Å². The fraction of sp³-hybridized carbons (Fsp3) is 0.667. The Kier molecular flexibility index (Phi) is 5.45. The standard InChI is InChI=1S/C21H28N2O4S/c1-13(27-18(24)5-4-17-3-2-6-28-17)19(25)22-20(26)23-21-10-14-7-15(11-21)9-16(8-14)12-21/h2-3,6,13-16H,4-5,7-12H2,1H3,(H2,22,23,25,26)/t13-,14?,15?,16?,21?/m1/s1.